The molecule has 2 atom stereocenters. The van der Waals surface area contributed by atoms with E-state index in [9.17, 15) is 0 Å². The molecule has 1 heteroatoms. The molecule has 0 unspecified atom stereocenters. The molecule has 76 valence electrons. The van der Waals surface area contributed by atoms with Crippen LogP contribution in [0.25, 0.3) is 5.57 Å². The minimum atomic E-state index is 0.331. The largest absolute Gasteiger partial charge is 0.493 e. The molecule has 0 fully saturated rings. The highest BCUT2D eigenvalue weighted by atomic mass is 16.5. The van der Waals surface area contributed by atoms with Gasteiger partial charge in [-0.3, -0.25) is 0 Å². The van der Waals surface area contributed by atoms with Crippen LogP contribution in [-0.4, -0.2) is 6.10 Å². The van der Waals surface area contributed by atoms with Crippen LogP contribution in [0.4, 0.5) is 0 Å². The van der Waals surface area contributed by atoms with E-state index in [1.165, 1.54) is 11.1 Å². The summed E-state index contributed by atoms with van der Waals surface area (Å²) in [7, 11) is 0. The van der Waals surface area contributed by atoms with Crippen molar-refractivity contribution in [1.29, 1.82) is 0 Å². The first-order chi connectivity index (χ1) is 7.43. The Hall–Kier alpha value is -1.50. The van der Waals surface area contributed by atoms with Crippen LogP contribution in [0.15, 0.2) is 48.7 Å². The third-order valence-electron chi connectivity index (χ3n) is 3.22. The maximum atomic E-state index is 5.72. The van der Waals surface area contributed by atoms with Crippen LogP contribution in [0.1, 0.15) is 18.4 Å². The van der Waals surface area contributed by atoms with E-state index in [2.05, 4.69) is 36.4 Å². The molecule has 1 heterocycles. The van der Waals surface area contributed by atoms with E-state index in [4.69, 9.17) is 4.74 Å². The Labute approximate surface area is 90.1 Å². The molecular formula is C14H14O. The Balaban J connectivity index is 1.85. The van der Waals surface area contributed by atoms with Crippen LogP contribution >= 0.6 is 0 Å². The highest BCUT2D eigenvalue weighted by Gasteiger charge is 2.28. The molecule has 0 saturated carbocycles. The van der Waals surface area contributed by atoms with Gasteiger partial charge < -0.3 is 4.74 Å². The third kappa shape index (κ3) is 1.58. The Morgan fingerprint density at radius 1 is 1.13 bits per heavy atom. The third-order valence-corrected chi connectivity index (χ3v) is 3.22. The van der Waals surface area contributed by atoms with Gasteiger partial charge in [0.2, 0.25) is 0 Å². The molecule has 1 nitrogen and oxygen atoms in total. The van der Waals surface area contributed by atoms with Crippen LogP contribution < -0.4 is 0 Å². The van der Waals surface area contributed by atoms with Gasteiger partial charge in [-0.25, -0.2) is 0 Å². The second-order valence-electron chi connectivity index (χ2n) is 4.24. The van der Waals surface area contributed by atoms with Gasteiger partial charge in [-0.2, -0.15) is 0 Å². The smallest absolute Gasteiger partial charge is 0.119 e. The number of ether oxygens (including phenoxy) is 1. The Bertz CT molecular complexity index is 403. The monoisotopic (exact) mass is 198 g/mol. The van der Waals surface area contributed by atoms with Crippen molar-refractivity contribution >= 4 is 5.57 Å². The van der Waals surface area contributed by atoms with E-state index in [0.717, 1.165) is 12.8 Å². The topological polar surface area (TPSA) is 9.23 Å². The number of benzene rings is 1. The standard InChI is InChI=1S/C14H14O/c1-2-5-11(6-3-1)13-9-12-7-4-8-14(12)15-10-13/h1-6,8,10,12,14H,7,9H2/t12-,14+/m0/s1. The second-order valence-corrected chi connectivity index (χ2v) is 4.24. The molecule has 0 amide bonds. The lowest BCUT2D eigenvalue weighted by Gasteiger charge is -2.26. The summed E-state index contributed by atoms with van der Waals surface area (Å²) in [5.74, 6) is 0.658. The lowest BCUT2D eigenvalue weighted by Crippen LogP contribution is -2.20. The predicted molar refractivity (Wildman–Crippen MR) is 61.2 cm³/mol. The molecule has 1 aliphatic carbocycles. The fourth-order valence-electron chi connectivity index (χ4n) is 2.36. The van der Waals surface area contributed by atoms with Crippen molar-refractivity contribution in [1.82, 2.24) is 0 Å². The summed E-state index contributed by atoms with van der Waals surface area (Å²) in [6.07, 6.45) is 8.99. The molecule has 0 N–H and O–H groups in total. The van der Waals surface area contributed by atoms with Crippen molar-refractivity contribution in [3.8, 4) is 0 Å². The lowest BCUT2D eigenvalue weighted by molar-refractivity contribution is 0.127. The first-order valence-corrected chi connectivity index (χ1v) is 5.50. The number of fused-ring (bicyclic) bond motifs is 1. The van der Waals surface area contributed by atoms with Crippen LogP contribution in [0.5, 0.6) is 0 Å². The highest BCUT2D eigenvalue weighted by molar-refractivity contribution is 5.65. The second kappa shape index (κ2) is 3.58. The maximum Gasteiger partial charge on any atom is 0.119 e. The minimum Gasteiger partial charge on any atom is -0.493 e. The molecule has 0 bridgehead atoms. The number of hydrogen-bond acceptors (Lipinski definition) is 1. The summed E-state index contributed by atoms with van der Waals surface area (Å²) >= 11 is 0. The molecule has 0 aromatic heterocycles. The van der Waals surface area contributed by atoms with Crippen molar-refractivity contribution in [3.05, 3.63) is 54.3 Å². The summed E-state index contributed by atoms with van der Waals surface area (Å²) < 4.78 is 5.72. The fourth-order valence-corrected chi connectivity index (χ4v) is 2.36. The molecule has 0 spiro atoms. The fraction of sp³-hybridized carbons (Fsp3) is 0.286. The van der Waals surface area contributed by atoms with Gasteiger partial charge in [0.25, 0.3) is 0 Å². The first-order valence-electron chi connectivity index (χ1n) is 5.50. The molecule has 1 aromatic rings. The van der Waals surface area contributed by atoms with Crippen LogP contribution in [-0.2, 0) is 4.74 Å². The van der Waals surface area contributed by atoms with E-state index in [0.29, 0.717) is 12.0 Å². The van der Waals surface area contributed by atoms with Crippen LogP contribution in [0, 0.1) is 5.92 Å². The van der Waals surface area contributed by atoms with E-state index in [1.807, 2.05) is 12.3 Å². The lowest BCUT2D eigenvalue weighted by atomic mass is 9.90. The molecule has 15 heavy (non-hydrogen) atoms. The summed E-state index contributed by atoms with van der Waals surface area (Å²) in [5, 5.41) is 0. The summed E-state index contributed by atoms with van der Waals surface area (Å²) in [6.45, 7) is 0. The van der Waals surface area contributed by atoms with Crippen molar-refractivity contribution in [2.45, 2.75) is 18.9 Å². The SMILES string of the molecule is C1=C[C@H]2OC=C(c3ccccc3)C[C@@H]2C1. The van der Waals surface area contributed by atoms with Crippen LogP contribution in [0.2, 0.25) is 0 Å². The van der Waals surface area contributed by atoms with Crippen molar-refractivity contribution in [2.24, 2.45) is 5.92 Å². The zero-order valence-electron chi connectivity index (χ0n) is 8.60. The average molecular weight is 198 g/mol. The molecule has 1 aromatic carbocycles. The van der Waals surface area contributed by atoms with Gasteiger partial charge in [-0.15, -0.1) is 0 Å². The minimum absolute atomic E-state index is 0.331. The number of rotatable bonds is 1. The van der Waals surface area contributed by atoms with Gasteiger partial charge in [0, 0.05) is 5.92 Å². The van der Waals surface area contributed by atoms with Crippen molar-refractivity contribution < 1.29 is 4.74 Å². The summed E-state index contributed by atoms with van der Waals surface area (Å²) in [4.78, 5) is 0. The van der Waals surface area contributed by atoms with Gasteiger partial charge >= 0.3 is 0 Å². The van der Waals surface area contributed by atoms with Crippen LogP contribution in [0.3, 0.4) is 0 Å². The van der Waals surface area contributed by atoms with E-state index in [1.54, 1.807) is 0 Å². The molecule has 0 radical (unpaired) electrons. The Kier molecular flexibility index (Phi) is 2.09. The molecule has 2 aliphatic rings. The number of hydrogen-bond donors (Lipinski definition) is 0. The van der Waals surface area contributed by atoms with Gasteiger partial charge in [-0.05, 0) is 30.1 Å². The molecule has 0 saturated heterocycles. The first kappa shape index (κ1) is 8.78. The van der Waals surface area contributed by atoms with Gasteiger partial charge in [0.15, 0.2) is 0 Å². The van der Waals surface area contributed by atoms with Crippen molar-refractivity contribution in [3.63, 3.8) is 0 Å². The summed E-state index contributed by atoms with van der Waals surface area (Å²) in [6, 6.07) is 10.5. The molecule has 1 aliphatic heterocycles. The van der Waals surface area contributed by atoms with Gasteiger partial charge in [0.05, 0.1) is 6.26 Å². The van der Waals surface area contributed by atoms with E-state index < -0.39 is 0 Å². The zero-order chi connectivity index (χ0) is 10.1. The average Bonchev–Trinajstić information content (AvgIpc) is 2.77. The number of allylic oxidation sites excluding steroid dienone is 2. The van der Waals surface area contributed by atoms with Crippen molar-refractivity contribution in [2.75, 3.05) is 0 Å². The maximum absolute atomic E-state index is 5.72. The Morgan fingerprint density at radius 2 is 2.00 bits per heavy atom. The Morgan fingerprint density at radius 3 is 2.87 bits per heavy atom. The quantitative estimate of drug-likeness (QED) is 0.628. The predicted octanol–water partition coefficient (Wildman–Crippen LogP) is 3.39. The highest BCUT2D eigenvalue weighted by Crippen LogP contribution is 2.36. The van der Waals surface area contributed by atoms with Gasteiger partial charge in [0.1, 0.15) is 6.10 Å². The normalized spacial score (nSPS) is 28.1. The molecular weight excluding hydrogens is 184 g/mol. The van der Waals surface area contributed by atoms with Gasteiger partial charge in [-0.1, -0.05) is 36.4 Å². The molecule has 3 rings (SSSR count). The summed E-state index contributed by atoms with van der Waals surface area (Å²) in [5.41, 5.74) is 2.63. The van der Waals surface area contributed by atoms with E-state index in [-0.39, 0.29) is 0 Å². The zero-order valence-corrected chi connectivity index (χ0v) is 8.60. The van der Waals surface area contributed by atoms with E-state index >= 15 is 0 Å².